The van der Waals surface area contributed by atoms with Crippen LogP contribution in [0.4, 0.5) is 19.1 Å². The Balaban J connectivity index is 2.72. The lowest BCUT2D eigenvalue weighted by Crippen LogP contribution is -2.16. The second kappa shape index (κ2) is 6.55. The largest absolute Gasteiger partial charge is 0.477 e. The van der Waals surface area contributed by atoms with Crippen molar-refractivity contribution in [3.05, 3.63) is 11.8 Å². The van der Waals surface area contributed by atoms with Crippen LogP contribution < -0.4 is 10.1 Å². The van der Waals surface area contributed by atoms with Gasteiger partial charge in [-0.15, -0.1) is 0 Å². The molecule has 0 aliphatic carbocycles. The van der Waals surface area contributed by atoms with Crippen molar-refractivity contribution >= 4 is 5.95 Å². The quantitative estimate of drug-likeness (QED) is 0.805. The molecule has 0 aliphatic rings. The first-order valence-electron chi connectivity index (χ1n) is 5.74. The molecule has 1 heterocycles. The zero-order chi connectivity index (χ0) is 14.5. The molecule has 0 bridgehead atoms. The molecular formula is C11H17F3N4O. The summed E-state index contributed by atoms with van der Waals surface area (Å²) in [7, 11) is 5.27. The van der Waals surface area contributed by atoms with Crippen LogP contribution in [0.3, 0.4) is 0 Å². The molecule has 0 aromatic carbocycles. The Labute approximate surface area is 109 Å². The van der Waals surface area contributed by atoms with Gasteiger partial charge in [0.05, 0.1) is 6.61 Å². The standard InChI is InChI=1S/C11H17F3N4O/c1-15-10-16-8(11(12,13)14)7-9(17-10)19-6-4-5-18(2)3/h7H,4-6H2,1-3H3,(H,15,16,17). The molecule has 0 radical (unpaired) electrons. The number of aromatic nitrogens is 2. The van der Waals surface area contributed by atoms with E-state index in [9.17, 15) is 13.2 Å². The molecule has 0 atom stereocenters. The molecule has 0 aliphatic heterocycles. The summed E-state index contributed by atoms with van der Waals surface area (Å²) in [6.45, 7) is 1.09. The first-order valence-corrected chi connectivity index (χ1v) is 5.74. The number of ether oxygens (including phenoxy) is 1. The van der Waals surface area contributed by atoms with Gasteiger partial charge in [-0.2, -0.15) is 18.2 Å². The Bertz CT molecular complexity index is 409. The lowest BCUT2D eigenvalue weighted by Gasteiger charge is -2.12. The molecule has 5 nitrogen and oxygen atoms in total. The lowest BCUT2D eigenvalue weighted by atomic mass is 10.4. The van der Waals surface area contributed by atoms with Gasteiger partial charge in [-0.25, -0.2) is 4.98 Å². The van der Waals surface area contributed by atoms with Crippen LogP contribution in [0.25, 0.3) is 0 Å². The number of hydrogen-bond acceptors (Lipinski definition) is 5. The summed E-state index contributed by atoms with van der Waals surface area (Å²) in [5.74, 6) is -0.192. The van der Waals surface area contributed by atoms with E-state index in [0.29, 0.717) is 13.0 Å². The molecule has 0 saturated heterocycles. The van der Waals surface area contributed by atoms with Crippen molar-refractivity contribution in [2.75, 3.05) is 39.6 Å². The van der Waals surface area contributed by atoms with Crippen LogP contribution in [0.1, 0.15) is 12.1 Å². The number of anilines is 1. The minimum Gasteiger partial charge on any atom is -0.477 e. The van der Waals surface area contributed by atoms with Gasteiger partial charge in [0.1, 0.15) is 0 Å². The van der Waals surface area contributed by atoms with E-state index in [1.807, 2.05) is 19.0 Å². The van der Waals surface area contributed by atoms with Crippen LogP contribution in [-0.4, -0.2) is 49.2 Å². The van der Waals surface area contributed by atoms with Gasteiger partial charge in [0.25, 0.3) is 0 Å². The maximum absolute atomic E-state index is 12.6. The topological polar surface area (TPSA) is 50.3 Å². The number of rotatable bonds is 6. The van der Waals surface area contributed by atoms with Crippen molar-refractivity contribution in [1.82, 2.24) is 14.9 Å². The van der Waals surface area contributed by atoms with Gasteiger partial charge in [-0.05, 0) is 20.5 Å². The van der Waals surface area contributed by atoms with E-state index >= 15 is 0 Å². The molecule has 1 aromatic heterocycles. The number of nitrogens with zero attached hydrogens (tertiary/aromatic N) is 3. The van der Waals surface area contributed by atoms with Gasteiger partial charge in [0.15, 0.2) is 5.69 Å². The van der Waals surface area contributed by atoms with Gasteiger partial charge < -0.3 is 15.0 Å². The second-order valence-electron chi connectivity index (χ2n) is 4.17. The highest BCUT2D eigenvalue weighted by Gasteiger charge is 2.33. The molecule has 1 N–H and O–H groups in total. The maximum Gasteiger partial charge on any atom is 0.433 e. The first kappa shape index (κ1) is 15.5. The third-order valence-corrected chi connectivity index (χ3v) is 2.22. The Morgan fingerprint density at radius 3 is 2.53 bits per heavy atom. The average molecular weight is 278 g/mol. The van der Waals surface area contributed by atoms with Crippen LogP contribution in [0.5, 0.6) is 5.88 Å². The Kier molecular flexibility index (Phi) is 5.34. The SMILES string of the molecule is CNc1nc(OCCCN(C)C)cc(C(F)(F)F)n1. The molecule has 0 amide bonds. The summed E-state index contributed by atoms with van der Waals surface area (Å²) >= 11 is 0. The molecule has 0 fully saturated rings. The van der Waals surface area contributed by atoms with Crippen molar-refractivity contribution in [2.45, 2.75) is 12.6 Å². The van der Waals surface area contributed by atoms with E-state index in [-0.39, 0.29) is 11.8 Å². The predicted octanol–water partition coefficient (Wildman–Crippen LogP) is 1.87. The highest BCUT2D eigenvalue weighted by molar-refractivity contribution is 5.31. The molecule has 19 heavy (non-hydrogen) atoms. The van der Waals surface area contributed by atoms with Crippen LogP contribution >= 0.6 is 0 Å². The Morgan fingerprint density at radius 2 is 2.00 bits per heavy atom. The van der Waals surface area contributed by atoms with Crippen molar-refractivity contribution in [3.8, 4) is 5.88 Å². The smallest absolute Gasteiger partial charge is 0.433 e. The summed E-state index contributed by atoms with van der Waals surface area (Å²) in [5, 5.41) is 2.48. The van der Waals surface area contributed by atoms with Crippen LogP contribution in [0.15, 0.2) is 6.07 Å². The summed E-state index contributed by atoms with van der Waals surface area (Å²) in [4.78, 5) is 9.13. The molecular weight excluding hydrogens is 261 g/mol. The number of nitrogens with one attached hydrogen (secondary N) is 1. The van der Waals surface area contributed by atoms with Crippen molar-refractivity contribution in [1.29, 1.82) is 0 Å². The molecule has 8 heteroatoms. The summed E-state index contributed by atoms with van der Waals surface area (Å²) < 4.78 is 43.0. The van der Waals surface area contributed by atoms with Gasteiger partial charge in [0, 0.05) is 19.7 Å². The van der Waals surface area contributed by atoms with Gasteiger partial charge in [0.2, 0.25) is 11.8 Å². The van der Waals surface area contributed by atoms with Crippen LogP contribution in [-0.2, 0) is 6.18 Å². The lowest BCUT2D eigenvalue weighted by molar-refractivity contribution is -0.141. The fourth-order valence-electron chi connectivity index (χ4n) is 1.31. The minimum atomic E-state index is -4.52. The fourth-order valence-corrected chi connectivity index (χ4v) is 1.31. The van der Waals surface area contributed by atoms with Gasteiger partial charge in [-0.3, -0.25) is 0 Å². The zero-order valence-corrected chi connectivity index (χ0v) is 11.1. The maximum atomic E-state index is 12.6. The Hall–Kier alpha value is -1.57. The number of alkyl halides is 3. The van der Waals surface area contributed by atoms with E-state index in [4.69, 9.17) is 4.74 Å². The number of halogens is 3. The van der Waals surface area contributed by atoms with Gasteiger partial charge in [-0.1, -0.05) is 0 Å². The third kappa shape index (κ3) is 5.29. The normalized spacial score (nSPS) is 11.7. The van der Waals surface area contributed by atoms with Crippen molar-refractivity contribution in [2.24, 2.45) is 0 Å². The number of hydrogen-bond donors (Lipinski definition) is 1. The van der Waals surface area contributed by atoms with E-state index in [1.54, 1.807) is 0 Å². The highest BCUT2D eigenvalue weighted by Crippen LogP contribution is 2.30. The first-order chi connectivity index (χ1) is 8.82. The molecule has 1 aromatic rings. The van der Waals surface area contributed by atoms with Crippen LogP contribution in [0, 0.1) is 0 Å². The molecule has 0 unspecified atom stereocenters. The van der Waals surface area contributed by atoms with E-state index < -0.39 is 11.9 Å². The molecule has 108 valence electrons. The predicted molar refractivity (Wildman–Crippen MR) is 65.2 cm³/mol. The summed E-state index contributed by atoms with van der Waals surface area (Å²) in [5.41, 5.74) is -1.02. The molecule has 0 spiro atoms. The van der Waals surface area contributed by atoms with E-state index in [1.165, 1.54) is 7.05 Å². The van der Waals surface area contributed by atoms with Gasteiger partial charge >= 0.3 is 6.18 Å². The van der Waals surface area contributed by atoms with E-state index in [2.05, 4.69) is 15.3 Å². The fraction of sp³-hybridized carbons (Fsp3) is 0.636. The van der Waals surface area contributed by atoms with Crippen molar-refractivity contribution in [3.63, 3.8) is 0 Å². The second-order valence-corrected chi connectivity index (χ2v) is 4.17. The zero-order valence-electron chi connectivity index (χ0n) is 11.1. The molecule has 1 rings (SSSR count). The average Bonchev–Trinajstić information content (AvgIpc) is 2.33. The minimum absolute atomic E-state index is 0.0783. The van der Waals surface area contributed by atoms with Crippen molar-refractivity contribution < 1.29 is 17.9 Å². The summed E-state index contributed by atoms with van der Waals surface area (Å²) in [6, 6.07) is 0.802. The molecule has 0 saturated carbocycles. The Morgan fingerprint density at radius 1 is 1.32 bits per heavy atom. The summed E-state index contributed by atoms with van der Waals surface area (Å²) in [6.07, 6.45) is -3.82. The van der Waals surface area contributed by atoms with Crippen LogP contribution in [0.2, 0.25) is 0 Å². The monoisotopic (exact) mass is 278 g/mol. The third-order valence-electron chi connectivity index (χ3n) is 2.22. The van der Waals surface area contributed by atoms with E-state index in [0.717, 1.165) is 12.6 Å². The highest BCUT2D eigenvalue weighted by atomic mass is 19.4.